The number of para-hydroxylation sites is 5. The molecule has 8 aromatic carbocycles. The van der Waals surface area contributed by atoms with Gasteiger partial charge in [-0.25, -0.2) is 9.97 Å². The van der Waals surface area contributed by atoms with E-state index >= 15 is 0 Å². The molecular weight excluding hydrogens is 673 g/mol. The van der Waals surface area contributed by atoms with Crippen LogP contribution in [0.15, 0.2) is 186 Å². The van der Waals surface area contributed by atoms with Crippen LogP contribution in [0.3, 0.4) is 0 Å². The number of nitrogens with zero attached hydrogens (tertiary/aromatic N) is 4. The van der Waals surface area contributed by atoms with Crippen LogP contribution >= 0.6 is 0 Å². The van der Waals surface area contributed by atoms with Crippen LogP contribution in [-0.2, 0) is 0 Å². The summed E-state index contributed by atoms with van der Waals surface area (Å²) >= 11 is 0. The third-order valence-corrected chi connectivity index (χ3v) is 11.1. The van der Waals surface area contributed by atoms with Crippen molar-refractivity contribution in [3.05, 3.63) is 182 Å². The van der Waals surface area contributed by atoms with Crippen molar-refractivity contribution in [1.82, 2.24) is 19.1 Å². The van der Waals surface area contributed by atoms with Gasteiger partial charge in [0.15, 0.2) is 0 Å². The Morgan fingerprint density at radius 1 is 0.382 bits per heavy atom. The number of benzene rings is 8. The molecular formula is C50H30N4O. The zero-order valence-corrected chi connectivity index (χ0v) is 29.5. The second-order valence-corrected chi connectivity index (χ2v) is 14.2. The Morgan fingerprint density at radius 2 is 1.00 bits per heavy atom. The van der Waals surface area contributed by atoms with Gasteiger partial charge in [-0.3, -0.25) is 4.57 Å². The summed E-state index contributed by atoms with van der Waals surface area (Å²) in [5, 5.41) is 7.91. The molecule has 256 valence electrons. The van der Waals surface area contributed by atoms with E-state index in [1.165, 1.54) is 27.4 Å². The molecule has 0 saturated heterocycles. The summed E-state index contributed by atoms with van der Waals surface area (Å²) in [6, 6.07) is 64.2. The third kappa shape index (κ3) is 4.41. The van der Waals surface area contributed by atoms with Gasteiger partial charge < -0.3 is 8.98 Å². The van der Waals surface area contributed by atoms with Crippen molar-refractivity contribution in [2.75, 3.05) is 0 Å². The van der Waals surface area contributed by atoms with E-state index in [-0.39, 0.29) is 0 Å². The SMILES string of the molecule is c1ccc(-n2c3ccccc3c3cc(-c4ccc(-c5nc(-n6c7ccccc7c7ccc8oc9ccccc9c8c76)nc6ccccc56)cc4)ccc32)cc1. The zero-order chi connectivity index (χ0) is 36.0. The summed E-state index contributed by atoms with van der Waals surface area (Å²) in [5.41, 5.74) is 12.5. The highest BCUT2D eigenvalue weighted by Crippen LogP contribution is 2.41. The first-order valence-electron chi connectivity index (χ1n) is 18.6. The summed E-state index contributed by atoms with van der Waals surface area (Å²) in [5.74, 6) is 0.627. The number of fused-ring (bicyclic) bond motifs is 11. The van der Waals surface area contributed by atoms with Gasteiger partial charge in [0, 0.05) is 43.6 Å². The molecule has 0 bridgehead atoms. The van der Waals surface area contributed by atoms with Crippen molar-refractivity contribution >= 4 is 76.5 Å². The quantitative estimate of drug-likeness (QED) is 0.183. The minimum atomic E-state index is 0.627. The van der Waals surface area contributed by atoms with E-state index in [0.717, 1.165) is 77.2 Å². The zero-order valence-electron chi connectivity index (χ0n) is 29.5. The van der Waals surface area contributed by atoms with E-state index in [4.69, 9.17) is 14.4 Å². The van der Waals surface area contributed by atoms with Gasteiger partial charge in [0.05, 0.1) is 38.7 Å². The molecule has 0 unspecified atom stereocenters. The predicted octanol–water partition coefficient (Wildman–Crippen LogP) is 13.1. The molecule has 0 N–H and O–H groups in total. The summed E-state index contributed by atoms with van der Waals surface area (Å²) < 4.78 is 10.9. The van der Waals surface area contributed by atoms with E-state index in [9.17, 15) is 0 Å². The molecule has 5 nitrogen and oxygen atoms in total. The molecule has 0 radical (unpaired) electrons. The van der Waals surface area contributed by atoms with E-state index < -0.39 is 0 Å². The smallest absolute Gasteiger partial charge is 0.235 e. The molecule has 0 aliphatic carbocycles. The van der Waals surface area contributed by atoms with Crippen LogP contribution in [0.25, 0.3) is 110 Å². The molecule has 0 aliphatic rings. The maximum Gasteiger partial charge on any atom is 0.235 e. The van der Waals surface area contributed by atoms with E-state index in [1.807, 2.05) is 18.2 Å². The number of hydrogen-bond acceptors (Lipinski definition) is 3. The number of aromatic nitrogens is 4. The van der Waals surface area contributed by atoms with Gasteiger partial charge in [-0.05, 0) is 71.8 Å². The molecule has 0 saturated carbocycles. The lowest BCUT2D eigenvalue weighted by atomic mass is 9.99. The molecule has 4 heterocycles. The van der Waals surface area contributed by atoms with E-state index in [2.05, 4.69) is 173 Å². The van der Waals surface area contributed by atoms with Gasteiger partial charge in [-0.2, -0.15) is 0 Å². The molecule has 0 fully saturated rings. The van der Waals surface area contributed by atoms with Crippen LogP contribution in [0.1, 0.15) is 0 Å². The molecule has 12 aromatic rings. The lowest BCUT2D eigenvalue weighted by molar-refractivity contribution is 0.669. The van der Waals surface area contributed by atoms with Gasteiger partial charge in [0.2, 0.25) is 5.95 Å². The minimum absolute atomic E-state index is 0.627. The van der Waals surface area contributed by atoms with E-state index in [0.29, 0.717) is 5.95 Å². The van der Waals surface area contributed by atoms with E-state index in [1.54, 1.807) is 0 Å². The van der Waals surface area contributed by atoms with Gasteiger partial charge in [-0.1, -0.05) is 121 Å². The summed E-state index contributed by atoms with van der Waals surface area (Å²) in [7, 11) is 0. The molecule has 0 amide bonds. The highest BCUT2D eigenvalue weighted by molar-refractivity contribution is 6.24. The lowest BCUT2D eigenvalue weighted by Crippen LogP contribution is -2.03. The Balaban J connectivity index is 1.04. The van der Waals surface area contributed by atoms with Crippen molar-refractivity contribution in [2.45, 2.75) is 0 Å². The van der Waals surface area contributed by atoms with Gasteiger partial charge in [0.25, 0.3) is 0 Å². The Hall–Kier alpha value is -7.50. The fourth-order valence-electron chi connectivity index (χ4n) is 8.69. The normalized spacial score (nSPS) is 12.0. The molecule has 12 rings (SSSR count). The molecule has 0 spiro atoms. The van der Waals surface area contributed by atoms with Crippen molar-refractivity contribution in [2.24, 2.45) is 0 Å². The summed E-state index contributed by atoms with van der Waals surface area (Å²) in [4.78, 5) is 10.7. The summed E-state index contributed by atoms with van der Waals surface area (Å²) in [6.45, 7) is 0. The predicted molar refractivity (Wildman–Crippen MR) is 226 cm³/mol. The van der Waals surface area contributed by atoms with Gasteiger partial charge in [-0.15, -0.1) is 0 Å². The second-order valence-electron chi connectivity index (χ2n) is 14.2. The highest BCUT2D eigenvalue weighted by atomic mass is 16.3. The Kier molecular flexibility index (Phi) is 6.27. The largest absolute Gasteiger partial charge is 0.456 e. The first-order valence-corrected chi connectivity index (χ1v) is 18.6. The lowest BCUT2D eigenvalue weighted by Gasteiger charge is -2.12. The average molecular weight is 703 g/mol. The number of furan rings is 1. The van der Waals surface area contributed by atoms with Crippen molar-refractivity contribution in [3.63, 3.8) is 0 Å². The van der Waals surface area contributed by atoms with Crippen LogP contribution < -0.4 is 0 Å². The van der Waals surface area contributed by atoms with Gasteiger partial charge in [0.1, 0.15) is 11.2 Å². The van der Waals surface area contributed by atoms with Crippen LogP contribution in [0.2, 0.25) is 0 Å². The first-order chi connectivity index (χ1) is 27.3. The Labute approximate surface area is 315 Å². The maximum absolute atomic E-state index is 6.37. The van der Waals surface area contributed by atoms with Crippen LogP contribution in [0, 0.1) is 0 Å². The Bertz CT molecular complexity index is 3480. The highest BCUT2D eigenvalue weighted by Gasteiger charge is 2.22. The number of hydrogen-bond donors (Lipinski definition) is 0. The third-order valence-electron chi connectivity index (χ3n) is 11.1. The standard InChI is InChI=1S/C50H30N4O/c1-2-12-34(13-3-1)53-42-19-9-6-15-36(42)40-30-33(26-28-44(40)53)31-22-24-32(25-23-31)48-38-16-4-8-18-41(38)51-50(52-48)54-43-20-10-5-14-35(43)37-27-29-46-47(49(37)54)39-17-7-11-21-45(39)55-46/h1-30H. The molecule has 0 atom stereocenters. The fourth-order valence-corrected chi connectivity index (χ4v) is 8.69. The minimum Gasteiger partial charge on any atom is -0.456 e. The molecule has 4 aromatic heterocycles. The van der Waals surface area contributed by atoms with Crippen LogP contribution in [-0.4, -0.2) is 19.1 Å². The molecule has 5 heteroatoms. The summed E-state index contributed by atoms with van der Waals surface area (Å²) in [6.07, 6.45) is 0. The average Bonchev–Trinajstić information content (AvgIpc) is 3.91. The fraction of sp³-hybridized carbons (Fsp3) is 0. The van der Waals surface area contributed by atoms with Crippen LogP contribution in [0.5, 0.6) is 0 Å². The van der Waals surface area contributed by atoms with Crippen molar-refractivity contribution in [3.8, 4) is 34.0 Å². The number of rotatable bonds is 4. The molecule has 55 heavy (non-hydrogen) atoms. The van der Waals surface area contributed by atoms with Gasteiger partial charge >= 0.3 is 0 Å². The van der Waals surface area contributed by atoms with Crippen molar-refractivity contribution in [1.29, 1.82) is 0 Å². The monoisotopic (exact) mass is 702 g/mol. The first kappa shape index (κ1) is 30.0. The second kappa shape index (κ2) is 11.5. The molecule has 0 aliphatic heterocycles. The maximum atomic E-state index is 6.37. The topological polar surface area (TPSA) is 48.8 Å². The Morgan fingerprint density at radius 3 is 1.82 bits per heavy atom. The van der Waals surface area contributed by atoms with Crippen LogP contribution in [0.4, 0.5) is 0 Å². The van der Waals surface area contributed by atoms with Crippen molar-refractivity contribution < 1.29 is 4.42 Å².